The molecule has 1 unspecified atom stereocenters. The minimum atomic E-state index is -3.21. The van der Waals surface area contributed by atoms with Gasteiger partial charge in [-0.2, -0.15) is 0 Å². The number of sulfone groups is 1. The molecule has 0 aliphatic carbocycles. The van der Waals surface area contributed by atoms with E-state index in [9.17, 15) is 13.5 Å². The Morgan fingerprint density at radius 1 is 1.19 bits per heavy atom. The number of nitrogens with one attached hydrogen (secondary N) is 2. The summed E-state index contributed by atoms with van der Waals surface area (Å²) < 4.78 is 28.9. The van der Waals surface area contributed by atoms with Crippen LogP contribution in [0.1, 0.15) is 28.5 Å². The highest BCUT2D eigenvalue weighted by Crippen LogP contribution is 2.25. The summed E-state index contributed by atoms with van der Waals surface area (Å²) in [6.45, 7) is 5.47. The Balaban J connectivity index is 0.00000341. The van der Waals surface area contributed by atoms with Gasteiger partial charge in [0.2, 0.25) is 0 Å². The maximum absolute atomic E-state index is 11.5. The number of fused-ring (bicyclic) bond motifs is 1. The molecule has 31 heavy (non-hydrogen) atoms. The van der Waals surface area contributed by atoms with E-state index in [1.807, 2.05) is 12.1 Å². The average molecular weight is 487 g/mol. The van der Waals surface area contributed by atoms with Crippen molar-refractivity contribution in [3.8, 4) is 5.75 Å². The monoisotopic (exact) mass is 486 g/mol. The first-order chi connectivity index (χ1) is 14.1. The van der Waals surface area contributed by atoms with Crippen LogP contribution < -0.4 is 10.1 Å². The van der Waals surface area contributed by atoms with Gasteiger partial charge in [-0.1, -0.05) is 23.7 Å². The maximum atomic E-state index is 11.5. The Morgan fingerprint density at radius 2 is 1.94 bits per heavy atom. The predicted octanol–water partition coefficient (Wildman–Crippen LogP) is 4.11. The molecule has 0 aliphatic heterocycles. The third kappa shape index (κ3) is 6.85. The van der Waals surface area contributed by atoms with Gasteiger partial charge in [0.05, 0.1) is 11.9 Å². The van der Waals surface area contributed by atoms with Crippen LogP contribution in [0.2, 0.25) is 5.02 Å². The molecular formula is C22H28Cl2N2O4S. The molecular weight excluding hydrogens is 459 g/mol. The minimum Gasteiger partial charge on any atom is -0.492 e. The molecule has 0 aliphatic rings. The van der Waals surface area contributed by atoms with Gasteiger partial charge in [-0.3, -0.25) is 0 Å². The zero-order valence-electron chi connectivity index (χ0n) is 17.7. The molecule has 0 saturated heterocycles. The molecule has 0 radical (unpaired) electrons. The van der Waals surface area contributed by atoms with Gasteiger partial charge in [-0.25, -0.2) is 8.42 Å². The predicted molar refractivity (Wildman–Crippen MR) is 128 cm³/mol. The van der Waals surface area contributed by atoms with Gasteiger partial charge in [0, 0.05) is 47.0 Å². The second kappa shape index (κ2) is 10.7. The summed E-state index contributed by atoms with van der Waals surface area (Å²) in [7, 11) is -3.21. The summed E-state index contributed by atoms with van der Waals surface area (Å²) in [5, 5.41) is 15.1. The SMILES string of the molecule is Cc1[nH]c2cc(OCCNCC(O)c3ccc(Cl)c(CS(C)(=O)=O)c3)ccc2c1C.Cl. The van der Waals surface area contributed by atoms with Crippen molar-refractivity contribution in [3.63, 3.8) is 0 Å². The van der Waals surface area contributed by atoms with Crippen LogP contribution in [0.5, 0.6) is 5.75 Å². The lowest BCUT2D eigenvalue weighted by Gasteiger charge is -2.14. The Kier molecular flexibility index (Phi) is 8.80. The van der Waals surface area contributed by atoms with Crippen molar-refractivity contribution in [2.45, 2.75) is 25.7 Å². The summed E-state index contributed by atoms with van der Waals surface area (Å²) in [5.74, 6) is 0.631. The van der Waals surface area contributed by atoms with Crippen LogP contribution in [0.15, 0.2) is 36.4 Å². The minimum absolute atomic E-state index is 0. The van der Waals surface area contributed by atoms with E-state index >= 15 is 0 Å². The van der Waals surface area contributed by atoms with E-state index in [4.69, 9.17) is 16.3 Å². The third-order valence-electron chi connectivity index (χ3n) is 5.04. The van der Waals surface area contributed by atoms with Crippen LogP contribution in [0.4, 0.5) is 0 Å². The molecule has 2 aromatic carbocycles. The number of benzene rings is 2. The van der Waals surface area contributed by atoms with Crippen molar-refractivity contribution in [1.82, 2.24) is 10.3 Å². The maximum Gasteiger partial charge on any atom is 0.151 e. The van der Waals surface area contributed by atoms with E-state index in [0.29, 0.717) is 35.8 Å². The van der Waals surface area contributed by atoms with Gasteiger partial charge in [-0.05, 0) is 48.7 Å². The fourth-order valence-corrected chi connectivity index (χ4v) is 4.40. The summed E-state index contributed by atoms with van der Waals surface area (Å²) >= 11 is 6.08. The second-order valence-electron chi connectivity index (χ2n) is 7.57. The summed E-state index contributed by atoms with van der Waals surface area (Å²) in [5.41, 5.74) is 4.56. The molecule has 1 atom stereocenters. The molecule has 0 saturated carbocycles. The van der Waals surface area contributed by atoms with Crippen LogP contribution in [0.25, 0.3) is 10.9 Å². The highest BCUT2D eigenvalue weighted by atomic mass is 35.5. The fraction of sp³-hybridized carbons (Fsp3) is 0.364. The lowest BCUT2D eigenvalue weighted by atomic mass is 10.1. The highest BCUT2D eigenvalue weighted by molar-refractivity contribution is 7.89. The summed E-state index contributed by atoms with van der Waals surface area (Å²) in [6, 6.07) is 10.9. The summed E-state index contributed by atoms with van der Waals surface area (Å²) in [6.07, 6.45) is 0.381. The average Bonchev–Trinajstić information content (AvgIpc) is 2.95. The molecule has 1 aromatic heterocycles. The molecule has 0 spiro atoms. The van der Waals surface area contributed by atoms with Gasteiger partial charge < -0.3 is 20.1 Å². The second-order valence-corrected chi connectivity index (χ2v) is 10.1. The Hall–Kier alpha value is -1.77. The third-order valence-corrected chi connectivity index (χ3v) is 6.24. The van der Waals surface area contributed by atoms with Crippen LogP contribution in [-0.2, 0) is 15.6 Å². The van der Waals surface area contributed by atoms with E-state index in [-0.39, 0.29) is 18.2 Å². The Labute approximate surface area is 194 Å². The molecule has 3 N–H and O–H groups in total. The van der Waals surface area contributed by atoms with Crippen molar-refractivity contribution in [2.75, 3.05) is 26.0 Å². The van der Waals surface area contributed by atoms with Crippen molar-refractivity contribution in [2.24, 2.45) is 0 Å². The number of aliphatic hydroxyl groups excluding tert-OH is 1. The van der Waals surface area contributed by atoms with Crippen molar-refractivity contribution in [1.29, 1.82) is 0 Å². The molecule has 0 fully saturated rings. The van der Waals surface area contributed by atoms with E-state index in [1.165, 1.54) is 10.9 Å². The molecule has 9 heteroatoms. The highest BCUT2D eigenvalue weighted by Gasteiger charge is 2.13. The molecule has 0 bridgehead atoms. The molecule has 3 aromatic rings. The number of H-pyrrole nitrogens is 1. The first-order valence-corrected chi connectivity index (χ1v) is 12.1. The number of hydrogen-bond donors (Lipinski definition) is 3. The van der Waals surface area contributed by atoms with Crippen molar-refractivity contribution < 1.29 is 18.3 Å². The van der Waals surface area contributed by atoms with E-state index in [2.05, 4.69) is 30.2 Å². The molecule has 0 amide bonds. The van der Waals surface area contributed by atoms with Gasteiger partial charge >= 0.3 is 0 Å². The lowest BCUT2D eigenvalue weighted by Crippen LogP contribution is -2.26. The number of rotatable bonds is 9. The van der Waals surface area contributed by atoms with Crippen LogP contribution in [0.3, 0.4) is 0 Å². The first-order valence-electron chi connectivity index (χ1n) is 9.70. The topological polar surface area (TPSA) is 91.4 Å². The van der Waals surface area contributed by atoms with Gasteiger partial charge in [-0.15, -0.1) is 12.4 Å². The quantitative estimate of drug-likeness (QED) is 0.396. The number of ether oxygens (including phenoxy) is 1. The zero-order valence-corrected chi connectivity index (χ0v) is 20.1. The van der Waals surface area contributed by atoms with E-state index < -0.39 is 15.9 Å². The molecule has 170 valence electrons. The van der Waals surface area contributed by atoms with Gasteiger partial charge in [0.15, 0.2) is 9.84 Å². The molecule has 3 rings (SSSR count). The number of aryl methyl sites for hydroxylation is 2. The fourth-order valence-electron chi connectivity index (χ4n) is 3.33. The van der Waals surface area contributed by atoms with Crippen LogP contribution >= 0.6 is 24.0 Å². The Morgan fingerprint density at radius 3 is 2.65 bits per heavy atom. The zero-order chi connectivity index (χ0) is 21.9. The first kappa shape index (κ1) is 25.5. The standard InChI is InChI=1S/C22H27ClN2O4S.ClH/c1-14-15(2)25-21-11-18(5-6-19(14)21)29-9-8-24-12-22(26)16-4-7-20(23)17(10-16)13-30(3,27)28;/h4-7,10-11,22,24-26H,8-9,12-13H2,1-3H3;1H. The van der Waals surface area contributed by atoms with Gasteiger partial charge in [0.25, 0.3) is 0 Å². The van der Waals surface area contributed by atoms with E-state index in [1.54, 1.807) is 18.2 Å². The number of aromatic nitrogens is 1. The molecule has 6 nitrogen and oxygen atoms in total. The Bertz CT molecular complexity index is 1150. The molecule has 1 heterocycles. The van der Waals surface area contributed by atoms with Crippen LogP contribution in [0, 0.1) is 13.8 Å². The largest absolute Gasteiger partial charge is 0.492 e. The van der Waals surface area contributed by atoms with E-state index in [0.717, 1.165) is 23.2 Å². The van der Waals surface area contributed by atoms with Crippen LogP contribution in [-0.4, -0.2) is 44.5 Å². The van der Waals surface area contributed by atoms with Crippen molar-refractivity contribution in [3.05, 3.63) is 63.8 Å². The van der Waals surface area contributed by atoms with Gasteiger partial charge in [0.1, 0.15) is 12.4 Å². The number of aromatic amines is 1. The number of halogens is 2. The summed E-state index contributed by atoms with van der Waals surface area (Å²) in [4.78, 5) is 3.35. The number of hydrogen-bond acceptors (Lipinski definition) is 5. The van der Waals surface area contributed by atoms with Crippen molar-refractivity contribution >= 4 is 44.7 Å². The normalized spacial score (nSPS) is 12.5. The number of aliphatic hydroxyl groups is 1. The lowest BCUT2D eigenvalue weighted by molar-refractivity contribution is 0.172. The smallest absolute Gasteiger partial charge is 0.151 e.